The molecule has 41 heavy (non-hydrogen) atoms. The first-order chi connectivity index (χ1) is 19.3. The molecule has 0 radical (unpaired) electrons. The van der Waals surface area contributed by atoms with E-state index in [4.69, 9.17) is 4.84 Å². The van der Waals surface area contributed by atoms with E-state index in [1.165, 1.54) is 100 Å². The van der Waals surface area contributed by atoms with Crippen molar-refractivity contribution in [2.45, 2.75) is 176 Å². The Hall–Kier alpha value is -1.28. The molecule has 1 aliphatic carbocycles. The molecule has 2 heteroatoms. The van der Waals surface area contributed by atoms with Crippen LogP contribution in [0.2, 0.25) is 0 Å². The minimum absolute atomic E-state index is 0.100. The molecule has 1 N–H and O–H groups in total. The Balaban J connectivity index is 1.91. The van der Waals surface area contributed by atoms with Crippen LogP contribution in [0.1, 0.15) is 175 Å². The molecule has 1 heterocycles. The van der Waals surface area contributed by atoms with Gasteiger partial charge in [-0.3, -0.25) is 0 Å². The average Bonchev–Trinajstić information content (AvgIpc) is 3.26. The summed E-state index contributed by atoms with van der Waals surface area (Å²) in [7, 11) is 0. The molecule has 1 aromatic rings. The van der Waals surface area contributed by atoms with Gasteiger partial charge in [0.15, 0.2) is 5.75 Å². The van der Waals surface area contributed by atoms with Crippen LogP contribution < -0.4 is 10.3 Å². The highest BCUT2D eigenvalue weighted by molar-refractivity contribution is 5.52. The van der Waals surface area contributed by atoms with Crippen LogP contribution in [-0.4, -0.2) is 0 Å². The molecule has 0 aromatic heterocycles. The molecule has 0 fully saturated rings. The second-order valence-electron chi connectivity index (χ2n) is 16.3. The normalized spacial score (nSPS) is 27.8. The molecule has 0 saturated heterocycles. The van der Waals surface area contributed by atoms with Crippen molar-refractivity contribution in [3.05, 3.63) is 41.5 Å². The molecule has 0 saturated carbocycles. The van der Waals surface area contributed by atoms with Crippen molar-refractivity contribution in [1.82, 2.24) is 5.48 Å². The fourth-order valence-corrected chi connectivity index (χ4v) is 7.47. The summed E-state index contributed by atoms with van der Waals surface area (Å²) in [6.07, 6.45) is 22.6. The number of hydrogen-bond acceptors (Lipinski definition) is 2. The van der Waals surface area contributed by atoms with Crippen molar-refractivity contribution in [2.75, 3.05) is 0 Å². The summed E-state index contributed by atoms with van der Waals surface area (Å²) in [6, 6.07) is 4.94. The molecule has 234 valence electrons. The van der Waals surface area contributed by atoms with Crippen molar-refractivity contribution in [1.29, 1.82) is 0 Å². The summed E-state index contributed by atoms with van der Waals surface area (Å²) in [5.41, 5.74) is 8.47. The SMILES string of the molecule is C=CCC12CCCCCCCCC(C(C)(C)C(C)C)CCCCCC(C)(CC)Cc3cc(C(C)(C)C)cc1c3ON2. The number of hydroxylamine groups is 1. The van der Waals surface area contributed by atoms with E-state index in [9.17, 15) is 0 Å². The fourth-order valence-electron chi connectivity index (χ4n) is 7.47. The van der Waals surface area contributed by atoms with E-state index in [1.807, 2.05) is 0 Å². The molecule has 3 unspecified atom stereocenters. The van der Waals surface area contributed by atoms with E-state index in [1.54, 1.807) is 0 Å². The van der Waals surface area contributed by atoms with Crippen molar-refractivity contribution in [3.8, 4) is 5.75 Å². The summed E-state index contributed by atoms with van der Waals surface area (Å²) >= 11 is 0. The lowest BCUT2D eigenvalue weighted by molar-refractivity contribution is 0.114. The Kier molecular flexibility index (Phi) is 12.1. The van der Waals surface area contributed by atoms with Crippen molar-refractivity contribution in [2.24, 2.45) is 22.7 Å². The molecule has 0 spiro atoms. The van der Waals surface area contributed by atoms with E-state index >= 15 is 0 Å². The van der Waals surface area contributed by atoms with E-state index in [0.717, 1.165) is 36.8 Å². The van der Waals surface area contributed by atoms with Crippen LogP contribution in [0.3, 0.4) is 0 Å². The third-order valence-electron chi connectivity index (χ3n) is 11.6. The summed E-state index contributed by atoms with van der Waals surface area (Å²) in [6.45, 7) is 26.1. The first-order valence-electron chi connectivity index (χ1n) is 17.5. The van der Waals surface area contributed by atoms with Gasteiger partial charge in [-0.1, -0.05) is 139 Å². The smallest absolute Gasteiger partial charge is 0.155 e. The van der Waals surface area contributed by atoms with Gasteiger partial charge in [0.25, 0.3) is 0 Å². The second-order valence-corrected chi connectivity index (χ2v) is 16.3. The second kappa shape index (κ2) is 14.5. The van der Waals surface area contributed by atoms with Crippen LogP contribution in [0.5, 0.6) is 5.75 Å². The first-order valence-corrected chi connectivity index (χ1v) is 17.5. The van der Waals surface area contributed by atoms with Gasteiger partial charge < -0.3 is 4.84 Å². The molecule has 3 rings (SSSR count). The Morgan fingerprint density at radius 2 is 1.51 bits per heavy atom. The number of nitrogens with one attached hydrogen (secondary N) is 1. The predicted molar refractivity (Wildman–Crippen MR) is 180 cm³/mol. The molecule has 0 amide bonds. The molecule has 4 bridgehead atoms. The van der Waals surface area contributed by atoms with Gasteiger partial charge in [0.05, 0.1) is 5.54 Å². The maximum atomic E-state index is 6.47. The molecular formula is C39H67NO. The van der Waals surface area contributed by atoms with Crippen molar-refractivity contribution in [3.63, 3.8) is 0 Å². The minimum atomic E-state index is -0.161. The zero-order chi connectivity index (χ0) is 30.3. The highest BCUT2D eigenvalue weighted by atomic mass is 16.7. The molecule has 1 aromatic carbocycles. The lowest BCUT2D eigenvalue weighted by Crippen LogP contribution is -2.38. The van der Waals surface area contributed by atoms with E-state index < -0.39 is 0 Å². The van der Waals surface area contributed by atoms with E-state index in [0.29, 0.717) is 5.41 Å². The van der Waals surface area contributed by atoms with Gasteiger partial charge >= 0.3 is 0 Å². The molecule has 2 aliphatic rings. The number of rotatable bonds is 5. The summed E-state index contributed by atoms with van der Waals surface area (Å²) in [5, 5.41) is 0. The Bertz CT molecular complexity index is 969. The summed E-state index contributed by atoms with van der Waals surface area (Å²) in [5.74, 6) is 2.71. The zero-order valence-electron chi connectivity index (χ0n) is 28.8. The van der Waals surface area contributed by atoms with Gasteiger partial charge in [0, 0.05) is 5.56 Å². The summed E-state index contributed by atoms with van der Waals surface area (Å²) < 4.78 is 0. The Labute approximate surface area is 255 Å². The van der Waals surface area contributed by atoms with Gasteiger partial charge in [-0.15, -0.1) is 12.1 Å². The van der Waals surface area contributed by atoms with Crippen LogP contribution in [0.25, 0.3) is 0 Å². The van der Waals surface area contributed by atoms with Crippen LogP contribution in [0, 0.1) is 22.7 Å². The topological polar surface area (TPSA) is 21.3 Å². The lowest BCUT2D eigenvalue weighted by Gasteiger charge is -2.38. The molecule has 2 nitrogen and oxygen atoms in total. The quantitative estimate of drug-likeness (QED) is 0.358. The van der Waals surface area contributed by atoms with Crippen LogP contribution >= 0.6 is 0 Å². The Morgan fingerprint density at radius 3 is 2.10 bits per heavy atom. The fraction of sp³-hybridized carbons (Fsp3) is 0.795. The van der Waals surface area contributed by atoms with E-state index in [2.05, 4.69) is 92.6 Å². The van der Waals surface area contributed by atoms with Gasteiger partial charge in [-0.05, 0) is 83.8 Å². The van der Waals surface area contributed by atoms with Gasteiger partial charge in [0.2, 0.25) is 0 Å². The van der Waals surface area contributed by atoms with Crippen LogP contribution in [0.15, 0.2) is 24.8 Å². The summed E-state index contributed by atoms with van der Waals surface area (Å²) in [4.78, 5) is 6.47. The van der Waals surface area contributed by atoms with Crippen molar-refractivity contribution < 1.29 is 4.84 Å². The standard InChI is InChI=1S/C39H67NO/c1-11-24-39-26-21-16-14-13-15-18-22-32(37(8,9)30(3)4)23-19-17-20-25-38(10,12-2)29-31-27-33(36(5,6)7)28-34(39)35(31)41-40-39/h11,27-28,30,32,40H,1,12-26,29H2,2-10H3. The molecule has 1 aliphatic heterocycles. The first kappa shape index (κ1) is 34.2. The highest BCUT2D eigenvalue weighted by Gasteiger charge is 2.42. The van der Waals surface area contributed by atoms with E-state index in [-0.39, 0.29) is 16.4 Å². The van der Waals surface area contributed by atoms with Gasteiger partial charge in [-0.25, -0.2) is 0 Å². The minimum Gasteiger partial charge on any atom is -0.407 e. The van der Waals surface area contributed by atoms with Gasteiger partial charge in [0.1, 0.15) is 0 Å². The molecule has 3 atom stereocenters. The van der Waals surface area contributed by atoms with Crippen molar-refractivity contribution >= 4 is 0 Å². The largest absolute Gasteiger partial charge is 0.407 e. The zero-order valence-corrected chi connectivity index (χ0v) is 28.8. The highest BCUT2D eigenvalue weighted by Crippen LogP contribution is 2.48. The number of benzene rings is 1. The monoisotopic (exact) mass is 566 g/mol. The van der Waals surface area contributed by atoms with Crippen LogP contribution in [0.4, 0.5) is 0 Å². The van der Waals surface area contributed by atoms with Gasteiger partial charge in [-0.2, -0.15) is 0 Å². The lowest BCUT2D eigenvalue weighted by atomic mass is 9.67. The van der Waals surface area contributed by atoms with Crippen LogP contribution in [-0.2, 0) is 17.4 Å². The maximum absolute atomic E-state index is 6.47. The number of hydrogen-bond donors (Lipinski definition) is 1. The third-order valence-corrected chi connectivity index (χ3v) is 11.6. The third kappa shape index (κ3) is 8.64. The predicted octanol–water partition coefficient (Wildman–Crippen LogP) is 12.0. The average molecular weight is 566 g/mol. The molecular weight excluding hydrogens is 498 g/mol. The maximum Gasteiger partial charge on any atom is 0.155 e. The Morgan fingerprint density at radius 1 is 0.927 bits per heavy atom.